The monoisotopic (exact) mass is 267 g/mol. The zero-order valence-corrected chi connectivity index (χ0v) is 10.9. The van der Waals surface area contributed by atoms with Gasteiger partial charge in [0.2, 0.25) is 0 Å². The molecule has 3 nitrogen and oxygen atoms in total. The number of carbonyl (C=O) groups is 1. The number of carbonyl (C=O) groups excluding carboxylic acids is 1. The summed E-state index contributed by atoms with van der Waals surface area (Å²) in [6, 6.07) is 5.19. The van der Waals surface area contributed by atoms with Crippen molar-refractivity contribution in [1.29, 1.82) is 0 Å². The summed E-state index contributed by atoms with van der Waals surface area (Å²) in [6.45, 7) is 3.72. The Kier molecular flexibility index (Phi) is 3.54. The van der Waals surface area contributed by atoms with Gasteiger partial charge in [-0.2, -0.15) is 0 Å². The number of aldehydes is 1. The molecule has 0 aliphatic carbocycles. The van der Waals surface area contributed by atoms with E-state index in [1.165, 1.54) is 11.8 Å². The van der Waals surface area contributed by atoms with Crippen LogP contribution in [0.4, 0.5) is 0 Å². The molecule has 5 heteroatoms. The van der Waals surface area contributed by atoms with Gasteiger partial charge in [0.15, 0.2) is 6.29 Å². The summed E-state index contributed by atoms with van der Waals surface area (Å²) in [6.07, 6.45) is 0.775. The second-order valence-electron chi connectivity index (χ2n) is 3.50. The van der Waals surface area contributed by atoms with Crippen LogP contribution in [0, 0.1) is 13.8 Å². The molecule has 0 radical (unpaired) electrons. The van der Waals surface area contributed by atoms with Crippen LogP contribution in [-0.2, 0) is 0 Å². The van der Waals surface area contributed by atoms with Gasteiger partial charge in [0, 0.05) is 10.5 Å². The topological polar surface area (TPSA) is 43.1 Å². The molecule has 17 heavy (non-hydrogen) atoms. The maximum absolute atomic E-state index is 10.9. The largest absolute Gasteiger partial charge is 0.436 e. The number of aromatic nitrogens is 1. The predicted molar refractivity (Wildman–Crippen MR) is 66.9 cm³/mol. The quantitative estimate of drug-likeness (QED) is 0.791. The van der Waals surface area contributed by atoms with Crippen LogP contribution < -0.4 is 0 Å². The third-order valence-electron chi connectivity index (χ3n) is 2.32. The number of hydrogen-bond donors (Lipinski definition) is 0. The van der Waals surface area contributed by atoms with Crippen molar-refractivity contribution >= 4 is 29.6 Å². The van der Waals surface area contributed by atoms with Crippen molar-refractivity contribution < 1.29 is 9.21 Å². The summed E-state index contributed by atoms with van der Waals surface area (Å²) in [5, 5.41) is 1.02. The van der Waals surface area contributed by atoms with Crippen LogP contribution in [0.3, 0.4) is 0 Å². The molecule has 0 fully saturated rings. The number of benzene rings is 1. The van der Waals surface area contributed by atoms with Gasteiger partial charge in [-0.25, -0.2) is 4.98 Å². The van der Waals surface area contributed by atoms with Crippen molar-refractivity contribution in [2.75, 3.05) is 0 Å². The van der Waals surface area contributed by atoms with E-state index in [0.29, 0.717) is 20.7 Å². The zero-order chi connectivity index (χ0) is 12.4. The maximum Gasteiger partial charge on any atom is 0.261 e. The van der Waals surface area contributed by atoms with Crippen molar-refractivity contribution in [2.24, 2.45) is 0 Å². The van der Waals surface area contributed by atoms with Crippen LogP contribution in [0.25, 0.3) is 0 Å². The van der Waals surface area contributed by atoms with Gasteiger partial charge in [-0.15, -0.1) is 0 Å². The van der Waals surface area contributed by atoms with Gasteiger partial charge in [-0.3, -0.25) is 4.79 Å². The van der Waals surface area contributed by atoms with Gasteiger partial charge in [0.1, 0.15) is 5.76 Å². The first-order valence-electron chi connectivity index (χ1n) is 4.97. The molecule has 88 valence electrons. The average Bonchev–Trinajstić information content (AvgIpc) is 2.61. The molecule has 0 amide bonds. The summed E-state index contributed by atoms with van der Waals surface area (Å²) in [5.41, 5.74) is 1.38. The lowest BCUT2D eigenvalue weighted by molar-refractivity contribution is 0.112. The second kappa shape index (κ2) is 4.94. The number of hydrogen-bond acceptors (Lipinski definition) is 4. The van der Waals surface area contributed by atoms with Gasteiger partial charge in [-0.05, 0) is 31.7 Å². The number of rotatable bonds is 3. The number of aryl methyl sites for hydroxylation is 2. The van der Waals surface area contributed by atoms with Crippen LogP contribution in [0.2, 0.25) is 5.02 Å². The minimum Gasteiger partial charge on any atom is -0.436 e. The van der Waals surface area contributed by atoms with E-state index in [1.807, 2.05) is 13.8 Å². The van der Waals surface area contributed by atoms with Gasteiger partial charge in [0.05, 0.1) is 10.7 Å². The Morgan fingerprint density at radius 1 is 1.41 bits per heavy atom. The van der Waals surface area contributed by atoms with E-state index < -0.39 is 0 Å². The van der Waals surface area contributed by atoms with Gasteiger partial charge in [0.25, 0.3) is 5.22 Å². The van der Waals surface area contributed by atoms with Crippen molar-refractivity contribution in [1.82, 2.24) is 4.98 Å². The van der Waals surface area contributed by atoms with Crippen LogP contribution in [-0.4, -0.2) is 11.3 Å². The fourth-order valence-corrected chi connectivity index (χ4v) is 2.52. The lowest BCUT2D eigenvalue weighted by Gasteiger charge is -2.03. The molecule has 2 rings (SSSR count). The summed E-state index contributed by atoms with van der Waals surface area (Å²) in [5.74, 6) is 0.771. The van der Waals surface area contributed by atoms with Crippen molar-refractivity contribution in [2.45, 2.75) is 24.0 Å². The molecular formula is C12H10ClNO2S. The highest BCUT2D eigenvalue weighted by atomic mass is 35.5. The van der Waals surface area contributed by atoms with E-state index >= 15 is 0 Å². The molecule has 0 spiro atoms. The predicted octanol–water partition coefficient (Wildman–Crippen LogP) is 3.91. The second-order valence-corrected chi connectivity index (χ2v) is 4.87. The van der Waals surface area contributed by atoms with E-state index in [-0.39, 0.29) is 0 Å². The van der Waals surface area contributed by atoms with E-state index in [0.717, 1.165) is 17.7 Å². The lowest BCUT2D eigenvalue weighted by atomic mass is 10.2. The molecule has 0 atom stereocenters. The van der Waals surface area contributed by atoms with E-state index in [9.17, 15) is 4.79 Å². The first kappa shape index (κ1) is 12.2. The Hall–Kier alpha value is -1.26. The summed E-state index contributed by atoms with van der Waals surface area (Å²) >= 11 is 7.31. The summed E-state index contributed by atoms with van der Waals surface area (Å²) < 4.78 is 5.45. The standard InChI is InChI=1S/C12H10ClNO2S/c1-7-8(2)16-12(14-7)17-11-9(6-15)4-3-5-10(11)13/h3-6H,1-2H3. The molecule has 0 unspecified atom stereocenters. The minimum absolute atomic E-state index is 0.496. The molecule has 1 heterocycles. The van der Waals surface area contributed by atoms with Crippen molar-refractivity contribution in [3.63, 3.8) is 0 Å². The van der Waals surface area contributed by atoms with Crippen molar-refractivity contribution in [3.8, 4) is 0 Å². The normalized spacial score (nSPS) is 10.5. The van der Waals surface area contributed by atoms with Gasteiger partial charge < -0.3 is 4.42 Å². The minimum atomic E-state index is 0.496. The molecule has 0 saturated carbocycles. The lowest BCUT2D eigenvalue weighted by Crippen LogP contribution is -1.86. The number of oxazole rings is 1. The van der Waals surface area contributed by atoms with E-state index in [4.69, 9.17) is 16.0 Å². The third kappa shape index (κ3) is 2.53. The smallest absolute Gasteiger partial charge is 0.261 e. The fourth-order valence-electron chi connectivity index (χ4n) is 1.30. The Balaban J connectivity index is 2.38. The fraction of sp³-hybridized carbons (Fsp3) is 0.167. The van der Waals surface area contributed by atoms with E-state index in [1.54, 1.807) is 18.2 Å². The highest BCUT2D eigenvalue weighted by Gasteiger charge is 2.13. The highest BCUT2D eigenvalue weighted by Crippen LogP contribution is 2.35. The molecule has 0 saturated heterocycles. The molecule has 0 aliphatic heterocycles. The van der Waals surface area contributed by atoms with Crippen LogP contribution >= 0.6 is 23.4 Å². The Bertz CT molecular complexity index is 546. The highest BCUT2D eigenvalue weighted by molar-refractivity contribution is 7.99. The molecule has 1 aromatic heterocycles. The number of nitrogens with zero attached hydrogens (tertiary/aromatic N) is 1. The average molecular weight is 268 g/mol. The Labute approximate surface area is 108 Å². The Morgan fingerprint density at radius 2 is 2.18 bits per heavy atom. The van der Waals surface area contributed by atoms with Gasteiger partial charge in [-0.1, -0.05) is 23.7 Å². The molecule has 2 aromatic rings. The maximum atomic E-state index is 10.9. The molecule has 0 aliphatic rings. The molecule has 0 N–H and O–H groups in total. The van der Waals surface area contributed by atoms with Gasteiger partial charge >= 0.3 is 0 Å². The van der Waals surface area contributed by atoms with Crippen LogP contribution in [0.1, 0.15) is 21.8 Å². The number of halogens is 1. The van der Waals surface area contributed by atoms with E-state index in [2.05, 4.69) is 4.98 Å². The molecule has 0 bridgehead atoms. The SMILES string of the molecule is Cc1nc(Sc2c(Cl)cccc2C=O)oc1C. The summed E-state index contributed by atoms with van der Waals surface area (Å²) in [4.78, 5) is 15.8. The van der Waals surface area contributed by atoms with Crippen LogP contribution in [0.15, 0.2) is 32.7 Å². The summed E-state index contributed by atoms with van der Waals surface area (Å²) in [7, 11) is 0. The first-order chi connectivity index (χ1) is 8.11. The first-order valence-corrected chi connectivity index (χ1v) is 6.17. The molecule has 1 aromatic carbocycles. The van der Waals surface area contributed by atoms with Crippen LogP contribution in [0.5, 0.6) is 0 Å². The molecular weight excluding hydrogens is 258 g/mol. The van der Waals surface area contributed by atoms with Crippen molar-refractivity contribution in [3.05, 3.63) is 40.2 Å². The zero-order valence-electron chi connectivity index (χ0n) is 9.36. The third-order valence-corrected chi connectivity index (χ3v) is 3.76. The Morgan fingerprint density at radius 3 is 2.76 bits per heavy atom.